The summed E-state index contributed by atoms with van der Waals surface area (Å²) in [5.41, 5.74) is 4.46. The van der Waals surface area contributed by atoms with Crippen molar-refractivity contribution < 1.29 is 19.8 Å². The van der Waals surface area contributed by atoms with Gasteiger partial charge < -0.3 is 19.3 Å². The summed E-state index contributed by atoms with van der Waals surface area (Å²) in [6.45, 7) is 1.90. The number of fused-ring (bicyclic) bond motifs is 2. The van der Waals surface area contributed by atoms with Gasteiger partial charge in [-0.25, -0.2) is 9.97 Å². The SMILES string of the molecule is O=C(O)CCCCCCCCCCn1c(Cc2nc3ccccc3n2CCCCCCCCCCC(=O)O)nc2ccccc21. The van der Waals surface area contributed by atoms with Gasteiger partial charge in [-0.15, -0.1) is 0 Å². The Balaban J connectivity index is 1.30. The van der Waals surface area contributed by atoms with Crippen LogP contribution in [0.4, 0.5) is 0 Å². The number of carboxylic acids is 2. The van der Waals surface area contributed by atoms with E-state index in [4.69, 9.17) is 20.2 Å². The van der Waals surface area contributed by atoms with Gasteiger partial charge in [-0.3, -0.25) is 9.59 Å². The predicted octanol–water partition coefficient (Wildman–Crippen LogP) is 9.17. The van der Waals surface area contributed by atoms with Crippen molar-refractivity contribution in [2.45, 2.75) is 135 Å². The number of aliphatic carboxylic acids is 2. The first kappa shape index (κ1) is 34.2. The monoisotopic (exact) mass is 616 g/mol. The summed E-state index contributed by atoms with van der Waals surface area (Å²) >= 11 is 0. The van der Waals surface area contributed by atoms with E-state index in [1.807, 2.05) is 0 Å². The van der Waals surface area contributed by atoms with Gasteiger partial charge in [0.15, 0.2) is 0 Å². The van der Waals surface area contributed by atoms with Crippen molar-refractivity contribution in [3.05, 3.63) is 60.2 Å². The number of aromatic nitrogens is 4. The fourth-order valence-electron chi connectivity index (χ4n) is 6.37. The third-order valence-corrected chi connectivity index (χ3v) is 8.83. The van der Waals surface area contributed by atoms with E-state index in [-0.39, 0.29) is 12.8 Å². The average Bonchev–Trinajstić information content (AvgIpc) is 3.55. The average molecular weight is 617 g/mol. The van der Waals surface area contributed by atoms with Crippen molar-refractivity contribution >= 4 is 34.0 Å². The number of carbonyl (C=O) groups is 2. The van der Waals surface area contributed by atoms with Crippen molar-refractivity contribution in [3.63, 3.8) is 0 Å². The second-order valence-electron chi connectivity index (χ2n) is 12.5. The largest absolute Gasteiger partial charge is 0.481 e. The molecule has 0 radical (unpaired) electrons. The molecule has 8 heteroatoms. The second kappa shape index (κ2) is 19.0. The minimum Gasteiger partial charge on any atom is -0.481 e. The topological polar surface area (TPSA) is 110 Å². The smallest absolute Gasteiger partial charge is 0.303 e. The molecule has 2 aromatic carbocycles. The maximum absolute atomic E-state index is 10.7. The van der Waals surface area contributed by atoms with Crippen LogP contribution < -0.4 is 0 Å². The molecular weight excluding hydrogens is 564 g/mol. The molecule has 0 bridgehead atoms. The zero-order valence-corrected chi connectivity index (χ0v) is 27.0. The van der Waals surface area contributed by atoms with Gasteiger partial charge in [0, 0.05) is 25.9 Å². The normalized spacial score (nSPS) is 11.6. The van der Waals surface area contributed by atoms with Crippen LogP contribution in [-0.4, -0.2) is 41.3 Å². The van der Waals surface area contributed by atoms with Crippen LogP contribution in [-0.2, 0) is 29.1 Å². The van der Waals surface area contributed by atoms with Crippen LogP contribution in [0, 0.1) is 0 Å². The van der Waals surface area contributed by atoms with Crippen molar-refractivity contribution in [2.24, 2.45) is 0 Å². The molecule has 0 saturated carbocycles. The third-order valence-electron chi connectivity index (χ3n) is 8.83. The fourth-order valence-corrected chi connectivity index (χ4v) is 6.37. The number of nitrogens with zero attached hydrogens (tertiary/aromatic N) is 4. The summed E-state index contributed by atoms with van der Waals surface area (Å²) in [5.74, 6) is 0.775. The standard InChI is InChI=1S/C37H52N4O4/c42-36(43)25-13-9-5-1-3-7-11-19-27-40-32-23-17-15-21-30(32)38-34(40)29-35-39-31-22-16-18-24-33(31)41(35)28-20-12-8-4-2-6-10-14-26-37(44)45/h15-18,21-24H,1-14,19-20,25-29H2,(H,42,43)(H,44,45). The lowest BCUT2D eigenvalue weighted by atomic mass is 10.1. The number of benzene rings is 2. The summed E-state index contributed by atoms with van der Waals surface area (Å²) < 4.78 is 4.81. The summed E-state index contributed by atoms with van der Waals surface area (Å²) in [6.07, 6.45) is 18.9. The fraction of sp³-hybridized carbons (Fsp3) is 0.568. The molecule has 4 aromatic rings. The molecule has 2 aromatic heterocycles. The van der Waals surface area contributed by atoms with E-state index >= 15 is 0 Å². The van der Waals surface area contributed by atoms with E-state index in [1.54, 1.807) is 0 Å². The molecular formula is C37H52N4O4. The summed E-state index contributed by atoms with van der Waals surface area (Å²) in [7, 11) is 0. The number of hydrogen-bond donors (Lipinski definition) is 2. The zero-order valence-electron chi connectivity index (χ0n) is 27.0. The molecule has 0 fully saturated rings. The van der Waals surface area contributed by atoms with Crippen LogP contribution in [0.5, 0.6) is 0 Å². The van der Waals surface area contributed by atoms with Gasteiger partial charge in [-0.05, 0) is 49.9 Å². The zero-order chi connectivity index (χ0) is 31.7. The van der Waals surface area contributed by atoms with Gasteiger partial charge in [-0.2, -0.15) is 0 Å². The lowest BCUT2D eigenvalue weighted by Crippen LogP contribution is -2.10. The number of unbranched alkanes of at least 4 members (excludes halogenated alkanes) is 14. The van der Waals surface area contributed by atoms with Gasteiger partial charge in [0.2, 0.25) is 0 Å². The molecule has 8 nitrogen and oxygen atoms in total. The molecule has 0 aliphatic rings. The van der Waals surface area contributed by atoms with Gasteiger partial charge in [0.25, 0.3) is 0 Å². The Morgan fingerprint density at radius 1 is 0.489 bits per heavy atom. The predicted molar refractivity (Wildman–Crippen MR) is 181 cm³/mol. The summed E-state index contributed by atoms with van der Waals surface area (Å²) in [4.78, 5) is 31.5. The van der Waals surface area contributed by atoms with E-state index < -0.39 is 11.9 Å². The highest BCUT2D eigenvalue weighted by Crippen LogP contribution is 2.23. The van der Waals surface area contributed by atoms with Crippen LogP contribution in [0.1, 0.15) is 127 Å². The summed E-state index contributed by atoms with van der Waals surface area (Å²) in [5, 5.41) is 17.6. The molecule has 45 heavy (non-hydrogen) atoms. The number of para-hydroxylation sites is 4. The molecule has 0 atom stereocenters. The van der Waals surface area contributed by atoms with Crippen LogP contribution in [0.2, 0.25) is 0 Å². The molecule has 0 unspecified atom stereocenters. The lowest BCUT2D eigenvalue weighted by Gasteiger charge is -2.12. The van der Waals surface area contributed by atoms with Gasteiger partial charge in [0.05, 0.1) is 28.5 Å². The minimum atomic E-state index is -0.690. The van der Waals surface area contributed by atoms with Crippen LogP contribution in [0.25, 0.3) is 22.1 Å². The van der Waals surface area contributed by atoms with Crippen molar-refractivity contribution in [3.8, 4) is 0 Å². The van der Waals surface area contributed by atoms with Crippen molar-refractivity contribution in [1.29, 1.82) is 0 Å². The van der Waals surface area contributed by atoms with Crippen molar-refractivity contribution in [2.75, 3.05) is 0 Å². The van der Waals surface area contributed by atoms with Crippen LogP contribution in [0.15, 0.2) is 48.5 Å². The van der Waals surface area contributed by atoms with E-state index in [9.17, 15) is 9.59 Å². The van der Waals surface area contributed by atoms with Crippen molar-refractivity contribution in [1.82, 2.24) is 19.1 Å². The maximum atomic E-state index is 10.7. The quantitative estimate of drug-likeness (QED) is 0.0760. The molecule has 4 rings (SSSR count). The Kier molecular flexibility index (Phi) is 14.4. The molecule has 244 valence electrons. The van der Waals surface area contributed by atoms with Gasteiger partial charge in [0.1, 0.15) is 11.6 Å². The molecule has 2 N–H and O–H groups in total. The van der Waals surface area contributed by atoms with Gasteiger partial charge >= 0.3 is 11.9 Å². The Labute approximate surface area is 267 Å². The summed E-state index contributed by atoms with van der Waals surface area (Å²) in [6, 6.07) is 16.9. The van der Waals surface area contributed by atoms with Crippen LogP contribution in [0.3, 0.4) is 0 Å². The second-order valence-corrected chi connectivity index (χ2v) is 12.5. The van der Waals surface area contributed by atoms with E-state index in [0.717, 1.165) is 87.1 Å². The highest BCUT2D eigenvalue weighted by Gasteiger charge is 2.16. The number of rotatable bonds is 24. The molecule has 2 heterocycles. The molecule has 0 saturated heterocycles. The molecule has 0 aliphatic heterocycles. The minimum absolute atomic E-state index is 0.289. The Bertz CT molecular complexity index is 1360. The first-order valence-electron chi connectivity index (χ1n) is 17.3. The number of aryl methyl sites for hydroxylation is 2. The molecule has 0 spiro atoms. The van der Waals surface area contributed by atoms with E-state index in [0.29, 0.717) is 6.42 Å². The maximum Gasteiger partial charge on any atom is 0.303 e. The first-order chi connectivity index (χ1) is 22.0. The number of imidazole rings is 2. The Morgan fingerprint density at radius 3 is 1.20 bits per heavy atom. The Morgan fingerprint density at radius 2 is 0.822 bits per heavy atom. The highest BCUT2D eigenvalue weighted by molar-refractivity contribution is 5.77. The lowest BCUT2D eigenvalue weighted by molar-refractivity contribution is -0.138. The highest BCUT2D eigenvalue weighted by atomic mass is 16.4. The van der Waals surface area contributed by atoms with Crippen LogP contribution >= 0.6 is 0 Å². The number of carboxylic acid groups (broad SMARTS) is 2. The number of hydrogen-bond acceptors (Lipinski definition) is 4. The first-order valence-corrected chi connectivity index (χ1v) is 17.3. The third kappa shape index (κ3) is 11.3. The molecule has 0 aliphatic carbocycles. The van der Waals surface area contributed by atoms with E-state index in [2.05, 4.69) is 57.7 Å². The van der Waals surface area contributed by atoms with E-state index in [1.165, 1.54) is 62.4 Å². The van der Waals surface area contributed by atoms with Gasteiger partial charge in [-0.1, -0.05) is 101 Å². The molecule has 0 amide bonds. The Hall–Kier alpha value is -3.68.